The van der Waals surface area contributed by atoms with E-state index in [9.17, 15) is 14.7 Å². The van der Waals surface area contributed by atoms with E-state index in [0.717, 1.165) is 11.0 Å². The van der Waals surface area contributed by atoms with E-state index in [1.54, 1.807) is 6.92 Å². The van der Waals surface area contributed by atoms with Gasteiger partial charge in [0.05, 0.1) is 5.60 Å². The molecule has 0 amide bonds. The normalized spacial score (nSPS) is 14.0. The van der Waals surface area contributed by atoms with Gasteiger partial charge in [0.15, 0.2) is 0 Å². The van der Waals surface area contributed by atoms with Gasteiger partial charge in [-0.1, -0.05) is 6.92 Å². The number of rotatable bonds is 7. The molecule has 0 saturated carbocycles. The number of thioether (sulfide) groups is 1. The summed E-state index contributed by atoms with van der Waals surface area (Å²) in [6, 6.07) is 0. The molecular formula is C13H24N4O3S. The van der Waals surface area contributed by atoms with Crippen molar-refractivity contribution in [3.05, 3.63) is 20.8 Å². The van der Waals surface area contributed by atoms with E-state index in [4.69, 9.17) is 5.73 Å². The number of hydrogen-bond acceptors (Lipinski definition) is 6. The highest BCUT2D eigenvalue weighted by Gasteiger charge is 2.22. The molecule has 1 aromatic rings. The van der Waals surface area contributed by atoms with E-state index in [0.29, 0.717) is 12.3 Å². The molecular weight excluding hydrogens is 292 g/mol. The second kappa shape index (κ2) is 7.04. The number of nitrogen functional groups attached to an aromatic ring is 1. The quantitative estimate of drug-likeness (QED) is 0.658. The minimum Gasteiger partial charge on any atom is -0.387 e. The minimum atomic E-state index is -0.970. The molecule has 21 heavy (non-hydrogen) atoms. The summed E-state index contributed by atoms with van der Waals surface area (Å²) in [5.74, 6) is 0.638. The topological polar surface area (TPSA) is 102 Å². The van der Waals surface area contributed by atoms with Crippen molar-refractivity contribution < 1.29 is 5.11 Å². The fourth-order valence-corrected chi connectivity index (χ4v) is 2.75. The van der Waals surface area contributed by atoms with Crippen molar-refractivity contribution in [2.75, 3.05) is 29.6 Å². The summed E-state index contributed by atoms with van der Waals surface area (Å²) in [6.07, 6.45) is 2.62. The second-order valence-corrected chi connectivity index (χ2v) is 6.21. The van der Waals surface area contributed by atoms with Crippen LogP contribution in [-0.4, -0.2) is 38.4 Å². The van der Waals surface area contributed by atoms with E-state index in [2.05, 4.69) is 5.32 Å². The molecule has 7 nitrogen and oxygen atoms in total. The third-order valence-electron chi connectivity index (χ3n) is 3.13. The molecule has 0 fully saturated rings. The van der Waals surface area contributed by atoms with Crippen LogP contribution in [0.5, 0.6) is 0 Å². The van der Waals surface area contributed by atoms with Gasteiger partial charge in [0, 0.05) is 25.9 Å². The first-order chi connectivity index (χ1) is 9.75. The summed E-state index contributed by atoms with van der Waals surface area (Å²) in [6.45, 7) is 4.22. The predicted octanol–water partition coefficient (Wildman–Crippen LogP) is 0.0651. The second-order valence-electron chi connectivity index (χ2n) is 5.34. The minimum absolute atomic E-state index is 0.116. The Bertz CT molecular complexity index is 607. The first kappa shape index (κ1) is 17.6. The smallest absolute Gasteiger partial charge is 0.332 e. The summed E-state index contributed by atoms with van der Waals surface area (Å²) in [5, 5.41) is 13.0. The fourth-order valence-electron chi connectivity index (χ4n) is 2.03. The molecule has 0 aliphatic rings. The molecule has 0 saturated heterocycles. The van der Waals surface area contributed by atoms with Crippen molar-refractivity contribution in [1.82, 2.24) is 9.13 Å². The van der Waals surface area contributed by atoms with Gasteiger partial charge in [-0.25, -0.2) is 4.79 Å². The van der Waals surface area contributed by atoms with Crippen LogP contribution in [-0.2, 0) is 13.6 Å². The van der Waals surface area contributed by atoms with E-state index < -0.39 is 16.9 Å². The zero-order chi connectivity index (χ0) is 16.2. The number of nitrogens with zero attached hydrogens (tertiary/aromatic N) is 2. The SMILES string of the molecule is CCCn1c(N)c(NCC(C)(O)CSC)c(=O)n(C)c1=O. The van der Waals surface area contributed by atoms with Gasteiger partial charge in [-0.3, -0.25) is 13.9 Å². The van der Waals surface area contributed by atoms with Gasteiger partial charge >= 0.3 is 5.69 Å². The van der Waals surface area contributed by atoms with Gasteiger partial charge in [-0.15, -0.1) is 0 Å². The average molecular weight is 316 g/mol. The van der Waals surface area contributed by atoms with Crippen molar-refractivity contribution in [2.45, 2.75) is 32.4 Å². The van der Waals surface area contributed by atoms with E-state index in [-0.39, 0.29) is 18.1 Å². The number of aromatic nitrogens is 2. The summed E-state index contributed by atoms with van der Waals surface area (Å²) in [4.78, 5) is 24.2. The molecule has 0 radical (unpaired) electrons. The van der Waals surface area contributed by atoms with Crippen LogP contribution in [0.25, 0.3) is 0 Å². The van der Waals surface area contributed by atoms with Gasteiger partial charge in [0.2, 0.25) is 0 Å². The van der Waals surface area contributed by atoms with Gasteiger partial charge in [-0.05, 0) is 19.6 Å². The van der Waals surface area contributed by atoms with Crippen molar-refractivity contribution in [3.63, 3.8) is 0 Å². The molecule has 1 aromatic heterocycles. The van der Waals surface area contributed by atoms with Crippen LogP contribution in [0.1, 0.15) is 20.3 Å². The monoisotopic (exact) mass is 316 g/mol. The molecule has 0 aromatic carbocycles. The highest BCUT2D eigenvalue weighted by molar-refractivity contribution is 7.98. The first-order valence-corrected chi connectivity index (χ1v) is 8.19. The number of nitrogens with one attached hydrogen (secondary N) is 1. The van der Waals surface area contributed by atoms with Gasteiger partial charge in [0.25, 0.3) is 5.56 Å². The zero-order valence-corrected chi connectivity index (χ0v) is 13.8. The molecule has 8 heteroatoms. The first-order valence-electron chi connectivity index (χ1n) is 6.79. The van der Waals surface area contributed by atoms with Crippen LogP contribution in [0.2, 0.25) is 0 Å². The Kier molecular flexibility index (Phi) is 5.91. The number of anilines is 2. The van der Waals surface area contributed by atoms with Gasteiger partial charge in [-0.2, -0.15) is 11.8 Å². The molecule has 4 N–H and O–H groups in total. The van der Waals surface area contributed by atoms with E-state index >= 15 is 0 Å². The maximum atomic E-state index is 12.2. The lowest BCUT2D eigenvalue weighted by molar-refractivity contribution is 0.0997. The van der Waals surface area contributed by atoms with E-state index in [1.807, 2.05) is 13.2 Å². The van der Waals surface area contributed by atoms with Crippen molar-refractivity contribution in [3.8, 4) is 0 Å². The van der Waals surface area contributed by atoms with Gasteiger partial charge in [0.1, 0.15) is 11.5 Å². The Morgan fingerprint density at radius 1 is 1.43 bits per heavy atom. The molecule has 1 heterocycles. The molecule has 0 aliphatic heterocycles. The Hall–Kier alpha value is -1.41. The number of nitrogens with two attached hydrogens (primary N) is 1. The molecule has 1 unspecified atom stereocenters. The lowest BCUT2D eigenvalue weighted by atomic mass is 10.1. The largest absolute Gasteiger partial charge is 0.387 e. The van der Waals surface area contributed by atoms with Crippen LogP contribution in [0.4, 0.5) is 11.5 Å². The molecule has 1 atom stereocenters. The van der Waals surface area contributed by atoms with Crippen LogP contribution in [0.3, 0.4) is 0 Å². The molecule has 0 bridgehead atoms. The number of aliphatic hydroxyl groups is 1. The highest BCUT2D eigenvalue weighted by atomic mass is 32.2. The van der Waals surface area contributed by atoms with Crippen LogP contribution >= 0.6 is 11.8 Å². The van der Waals surface area contributed by atoms with Crippen molar-refractivity contribution >= 4 is 23.3 Å². The Morgan fingerprint density at radius 2 is 2.05 bits per heavy atom. The van der Waals surface area contributed by atoms with Crippen molar-refractivity contribution in [1.29, 1.82) is 0 Å². The van der Waals surface area contributed by atoms with Crippen LogP contribution < -0.4 is 22.3 Å². The zero-order valence-electron chi connectivity index (χ0n) is 13.0. The molecule has 1 rings (SSSR count). The van der Waals surface area contributed by atoms with Crippen LogP contribution in [0, 0.1) is 0 Å². The van der Waals surface area contributed by atoms with Crippen LogP contribution in [0.15, 0.2) is 9.59 Å². The third kappa shape index (κ3) is 4.04. The third-order valence-corrected chi connectivity index (χ3v) is 4.04. The maximum absolute atomic E-state index is 12.2. The highest BCUT2D eigenvalue weighted by Crippen LogP contribution is 2.15. The fraction of sp³-hybridized carbons (Fsp3) is 0.692. The number of hydrogen-bond donors (Lipinski definition) is 3. The Balaban J connectivity index is 3.19. The molecule has 0 aliphatic carbocycles. The summed E-state index contributed by atoms with van der Waals surface area (Å²) in [5.41, 5.74) is 4.22. The predicted molar refractivity (Wildman–Crippen MR) is 88.1 cm³/mol. The van der Waals surface area contributed by atoms with Gasteiger partial charge < -0.3 is 16.2 Å². The maximum Gasteiger partial charge on any atom is 0.332 e. The Morgan fingerprint density at radius 3 is 2.57 bits per heavy atom. The summed E-state index contributed by atoms with van der Waals surface area (Å²) in [7, 11) is 1.42. The lowest BCUT2D eigenvalue weighted by Crippen LogP contribution is -2.43. The average Bonchev–Trinajstić information content (AvgIpc) is 2.41. The molecule has 0 spiro atoms. The van der Waals surface area contributed by atoms with Crippen molar-refractivity contribution in [2.24, 2.45) is 7.05 Å². The summed E-state index contributed by atoms with van der Waals surface area (Å²) < 4.78 is 2.39. The summed E-state index contributed by atoms with van der Waals surface area (Å²) >= 11 is 1.51. The lowest BCUT2D eigenvalue weighted by Gasteiger charge is -2.24. The van der Waals surface area contributed by atoms with E-state index in [1.165, 1.54) is 23.4 Å². The molecule has 120 valence electrons. The standard InChI is InChI=1S/C13H24N4O3S/c1-5-6-17-10(14)9(11(18)16(3)12(17)19)15-7-13(2,20)8-21-4/h15,20H,5-8,14H2,1-4H3. The Labute approximate surface area is 128 Å².